The van der Waals surface area contributed by atoms with E-state index in [4.69, 9.17) is 27.9 Å². The van der Waals surface area contributed by atoms with Crippen molar-refractivity contribution in [3.63, 3.8) is 0 Å². The van der Waals surface area contributed by atoms with Gasteiger partial charge in [0, 0.05) is 33.9 Å². The van der Waals surface area contributed by atoms with Gasteiger partial charge in [-0.3, -0.25) is 20.2 Å². The molecule has 1 N–H and O–H groups in total. The minimum Gasteiger partial charge on any atom is -0.464 e. The molecule has 0 aliphatic carbocycles. The number of anilines is 1. The van der Waals surface area contributed by atoms with E-state index in [1.165, 1.54) is 28.0 Å². The zero-order valence-electron chi connectivity index (χ0n) is 17.1. The van der Waals surface area contributed by atoms with Crippen LogP contribution in [0.25, 0.3) is 0 Å². The first-order valence-corrected chi connectivity index (χ1v) is 10.3. The summed E-state index contributed by atoms with van der Waals surface area (Å²) in [4.78, 5) is 26.9. The van der Waals surface area contributed by atoms with Gasteiger partial charge in [-0.2, -0.15) is 5.10 Å². The Morgan fingerprint density at radius 3 is 2.65 bits per heavy atom. The van der Waals surface area contributed by atoms with Crippen molar-refractivity contribution in [1.29, 1.82) is 0 Å². The maximum atomic E-state index is 13.4. The number of nitro groups is 1. The molecule has 0 radical (unpaired) electrons. The minimum atomic E-state index is -0.692. The quantitative estimate of drug-likeness (QED) is 0.281. The number of benzene rings is 2. The van der Waals surface area contributed by atoms with Crippen molar-refractivity contribution >= 4 is 40.7 Å². The second-order valence-electron chi connectivity index (χ2n) is 6.80. The lowest BCUT2D eigenvalue weighted by molar-refractivity contribution is -0.386. The molecule has 14 heteroatoms. The Labute approximate surface area is 200 Å². The van der Waals surface area contributed by atoms with E-state index in [-0.39, 0.29) is 30.7 Å². The third-order valence-corrected chi connectivity index (χ3v) is 5.20. The highest BCUT2D eigenvalue weighted by atomic mass is 35.5. The number of halogens is 3. The normalized spacial score (nSPS) is 10.8. The van der Waals surface area contributed by atoms with Crippen LogP contribution in [0.4, 0.5) is 16.0 Å². The highest BCUT2D eigenvalue weighted by molar-refractivity contribution is 6.35. The predicted molar refractivity (Wildman–Crippen MR) is 119 cm³/mol. The lowest BCUT2D eigenvalue weighted by Gasteiger charge is -2.07. The second kappa shape index (κ2) is 9.85. The van der Waals surface area contributed by atoms with Crippen LogP contribution in [0.15, 0.2) is 55.0 Å². The number of hydrogen-bond acceptors (Lipinski definition) is 7. The van der Waals surface area contributed by atoms with Gasteiger partial charge < -0.3 is 4.74 Å². The average Bonchev–Trinajstić information content (AvgIpc) is 3.44. The Kier molecular flexibility index (Phi) is 6.70. The zero-order chi connectivity index (χ0) is 24.2. The molecule has 174 valence electrons. The van der Waals surface area contributed by atoms with Gasteiger partial charge in [-0.1, -0.05) is 29.3 Å². The molecular weight excluding hydrogens is 492 g/mol. The maximum Gasteiger partial charge on any atom is 0.311 e. The van der Waals surface area contributed by atoms with E-state index >= 15 is 0 Å². The Bertz CT molecular complexity index is 1350. The number of hydrogen-bond donors (Lipinski definition) is 1. The standard InChI is InChI=1S/C20H14Cl2FN7O4/c21-14-2-1-3-15(22)13(14)9-29-10-24-20(27-29)25-19(31)16-6-7-28(26-16)11-34-18-8-12(23)4-5-17(18)30(32)33/h1-8,10H,9,11H2,(H,25,27,31). The fourth-order valence-electron chi connectivity index (χ4n) is 2.88. The summed E-state index contributed by atoms with van der Waals surface area (Å²) < 4.78 is 21.4. The summed E-state index contributed by atoms with van der Waals surface area (Å²) in [6.45, 7) is -0.0391. The third kappa shape index (κ3) is 5.30. The lowest BCUT2D eigenvalue weighted by Crippen LogP contribution is -2.15. The molecule has 0 saturated carbocycles. The molecule has 0 bridgehead atoms. The number of nitro benzene ring substituents is 1. The topological polar surface area (TPSA) is 130 Å². The first-order chi connectivity index (χ1) is 16.3. The molecular formula is C20H14Cl2FN7O4. The van der Waals surface area contributed by atoms with Crippen LogP contribution in [0.5, 0.6) is 5.75 Å². The zero-order valence-corrected chi connectivity index (χ0v) is 18.6. The SMILES string of the molecule is O=C(Nc1ncn(Cc2c(Cl)cccc2Cl)n1)c1ccn(COc2cc(F)ccc2[N+](=O)[O-])n1. The van der Waals surface area contributed by atoms with Crippen molar-refractivity contribution in [2.45, 2.75) is 13.3 Å². The van der Waals surface area contributed by atoms with Crippen LogP contribution in [0.1, 0.15) is 16.1 Å². The van der Waals surface area contributed by atoms with Gasteiger partial charge >= 0.3 is 5.69 Å². The lowest BCUT2D eigenvalue weighted by atomic mass is 10.2. The molecule has 4 rings (SSSR count). The number of carbonyl (C=O) groups is 1. The molecule has 11 nitrogen and oxygen atoms in total. The molecule has 0 spiro atoms. The number of nitrogens with one attached hydrogen (secondary N) is 1. The van der Waals surface area contributed by atoms with Crippen LogP contribution in [-0.4, -0.2) is 35.4 Å². The predicted octanol–water partition coefficient (Wildman–Crippen LogP) is 4.17. The number of aromatic nitrogens is 5. The summed E-state index contributed by atoms with van der Waals surface area (Å²) in [7, 11) is 0. The van der Waals surface area contributed by atoms with Crippen molar-refractivity contribution in [3.05, 3.63) is 92.2 Å². The van der Waals surface area contributed by atoms with E-state index in [0.29, 0.717) is 15.6 Å². The van der Waals surface area contributed by atoms with Gasteiger partial charge in [-0.25, -0.2) is 18.7 Å². The van der Waals surface area contributed by atoms with Crippen LogP contribution in [0, 0.1) is 15.9 Å². The van der Waals surface area contributed by atoms with Crippen molar-refractivity contribution in [2.75, 3.05) is 5.32 Å². The number of ether oxygens (including phenoxy) is 1. The van der Waals surface area contributed by atoms with E-state index in [1.807, 2.05) is 0 Å². The van der Waals surface area contributed by atoms with Crippen LogP contribution in [-0.2, 0) is 13.3 Å². The maximum absolute atomic E-state index is 13.4. The molecule has 2 aromatic heterocycles. The van der Waals surface area contributed by atoms with Crippen LogP contribution < -0.4 is 10.1 Å². The van der Waals surface area contributed by atoms with Gasteiger partial charge in [-0.15, -0.1) is 5.10 Å². The molecule has 0 aliphatic heterocycles. The fraction of sp³-hybridized carbons (Fsp3) is 0.100. The summed E-state index contributed by atoms with van der Waals surface area (Å²) >= 11 is 12.3. The largest absolute Gasteiger partial charge is 0.464 e. The second-order valence-corrected chi connectivity index (χ2v) is 7.62. The molecule has 0 saturated heterocycles. The summed E-state index contributed by atoms with van der Waals surface area (Å²) in [6, 6.07) is 9.39. The van der Waals surface area contributed by atoms with Gasteiger partial charge in [-0.05, 0) is 24.3 Å². The van der Waals surface area contributed by atoms with Gasteiger partial charge in [0.1, 0.15) is 12.1 Å². The average molecular weight is 506 g/mol. The first kappa shape index (κ1) is 23.1. The number of nitrogens with zero attached hydrogens (tertiary/aromatic N) is 6. The molecule has 34 heavy (non-hydrogen) atoms. The molecule has 0 unspecified atom stereocenters. The fourth-order valence-corrected chi connectivity index (χ4v) is 3.40. The summed E-state index contributed by atoms with van der Waals surface area (Å²) in [5, 5.41) is 22.7. The molecule has 1 amide bonds. The van der Waals surface area contributed by atoms with E-state index < -0.39 is 22.3 Å². The van der Waals surface area contributed by atoms with Crippen molar-refractivity contribution < 1.29 is 18.8 Å². The Balaban J connectivity index is 1.38. The number of rotatable bonds is 8. The molecule has 0 fully saturated rings. The minimum absolute atomic E-state index is 0.0165. The first-order valence-electron chi connectivity index (χ1n) is 9.54. The Morgan fingerprint density at radius 1 is 1.15 bits per heavy atom. The summed E-state index contributed by atoms with van der Waals surface area (Å²) in [5.41, 5.74) is 0.278. The molecule has 0 aliphatic rings. The smallest absolute Gasteiger partial charge is 0.311 e. The van der Waals surface area contributed by atoms with E-state index in [9.17, 15) is 19.3 Å². The van der Waals surface area contributed by atoms with Gasteiger partial charge in [0.25, 0.3) is 5.91 Å². The Hall–Kier alpha value is -4.03. The van der Waals surface area contributed by atoms with Crippen molar-refractivity contribution in [3.8, 4) is 5.75 Å². The van der Waals surface area contributed by atoms with Crippen LogP contribution in [0.2, 0.25) is 10.0 Å². The van der Waals surface area contributed by atoms with E-state index in [0.717, 1.165) is 18.2 Å². The van der Waals surface area contributed by atoms with Gasteiger partial charge in [0.15, 0.2) is 12.4 Å². The molecule has 2 heterocycles. The third-order valence-electron chi connectivity index (χ3n) is 4.49. The highest BCUT2D eigenvalue weighted by Gasteiger charge is 2.17. The van der Waals surface area contributed by atoms with E-state index in [2.05, 4.69) is 20.5 Å². The van der Waals surface area contributed by atoms with E-state index in [1.54, 1.807) is 18.2 Å². The van der Waals surface area contributed by atoms with Crippen molar-refractivity contribution in [2.24, 2.45) is 0 Å². The highest BCUT2D eigenvalue weighted by Crippen LogP contribution is 2.28. The van der Waals surface area contributed by atoms with Crippen LogP contribution >= 0.6 is 23.2 Å². The van der Waals surface area contributed by atoms with Crippen molar-refractivity contribution in [1.82, 2.24) is 24.5 Å². The van der Waals surface area contributed by atoms with Gasteiger partial charge in [0.2, 0.25) is 11.7 Å². The molecule has 0 atom stereocenters. The molecule has 2 aromatic carbocycles. The van der Waals surface area contributed by atoms with Gasteiger partial charge in [0.05, 0.1) is 11.5 Å². The molecule has 4 aromatic rings. The summed E-state index contributed by atoms with van der Waals surface area (Å²) in [6.07, 6.45) is 2.83. The Morgan fingerprint density at radius 2 is 1.91 bits per heavy atom. The number of carbonyl (C=O) groups excluding carboxylic acids is 1. The van der Waals surface area contributed by atoms with Crippen LogP contribution in [0.3, 0.4) is 0 Å². The monoisotopic (exact) mass is 505 g/mol. The number of amides is 1. The summed E-state index contributed by atoms with van der Waals surface area (Å²) in [5.74, 6) is -1.51.